The summed E-state index contributed by atoms with van der Waals surface area (Å²) >= 11 is 0. The Morgan fingerprint density at radius 3 is 2.94 bits per heavy atom. The van der Waals surface area contributed by atoms with Crippen LogP contribution in [0.1, 0.15) is 5.69 Å². The minimum absolute atomic E-state index is 0.923. The predicted molar refractivity (Wildman–Crippen MR) is 64.1 cm³/mol. The molecule has 3 aromatic heterocycles. The van der Waals surface area contributed by atoms with Gasteiger partial charge in [-0.3, -0.25) is 4.98 Å². The Hall–Kier alpha value is -2.16. The third kappa shape index (κ3) is 1.37. The summed E-state index contributed by atoms with van der Waals surface area (Å²) in [5, 5.41) is 1.15. The van der Waals surface area contributed by atoms with E-state index in [1.807, 2.05) is 31.5 Å². The van der Waals surface area contributed by atoms with Crippen molar-refractivity contribution in [3.8, 4) is 11.1 Å². The molecule has 16 heavy (non-hydrogen) atoms. The van der Waals surface area contributed by atoms with Gasteiger partial charge >= 0.3 is 0 Å². The molecule has 1 N–H and O–H groups in total. The second-order valence-corrected chi connectivity index (χ2v) is 3.79. The Morgan fingerprint density at radius 1 is 1.12 bits per heavy atom. The third-order valence-corrected chi connectivity index (χ3v) is 2.66. The number of hydrogen-bond acceptors (Lipinski definition) is 2. The fraction of sp³-hybridized carbons (Fsp3) is 0.0769. The first kappa shape index (κ1) is 9.09. The van der Waals surface area contributed by atoms with Crippen molar-refractivity contribution in [1.82, 2.24) is 15.0 Å². The number of nitrogens with zero attached hydrogens (tertiary/aromatic N) is 2. The van der Waals surface area contributed by atoms with Gasteiger partial charge < -0.3 is 4.98 Å². The van der Waals surface area contributed by atoms with Gasteiger partial charge in [-0.15, -0.1) is 0 Å². The first-order chi connectivity index (χ1) is 7.84. The molecule has 0 fully saturated rings. The molecule has 0 aliphatic carbocycles. The van der Waals surface area contributed by atoms with Crippen LogP contribution in [0.15, 0.2) is 42.9 Å². The molecule has 0 unspecified atom stereocenters. The lowest BCUT2D eigenvalue weighted by Gasteiger charge is -1.99. The summed E-state index contributed by atoms with van der Waals surface area (Å²) in [6, 6.07) is 8.12. The summed E-state index contributed by atoms with van der Waals surface area (Å²) < 4.78 is 0. The summed E-state index contributed by atoms with van der Waals surface area (Å²) in [6.07, 6.45) is 5.62. The van der Waals surface area contributed by atoms with Gasteiger partial charge in [0, 0.05) is 35.2 Å². The average molecular weight is 209 g/mol. The van der Waals surface area contributed by atoms with Gasteiger partial charge in [0.05, 0.1) is 0 Å². The predicted octanol–water partition coefficient (Wildman–Crippen LogP) is 2.93. The monoisotopic (exact) mass is 209 g/mol. The average Bonchev–Trinajstić information content (AvgIpc) is 2.72. The van der Waals surface area contributed by atoms with Crippen molar-refractivity contribution in [2.24, 2.45) is 0 Å². The zero-order valence-corrected chi connectivity index (χ0v) is 8.94. The maximum absolute atomic E-state index is 4.28. The van der Waals surface area contributed by atoms with Gasteiger partial charge in [-0.1, -0.05) is 0 Å². The molecule has 3 nitrogen and oxygen atoms in total. The zero-order chi connectivity index (χ0) is 11.0. The van der Waals surface area contributed by atoms with Gasteiger partial charge in [-0.25, -0.2) is 4.98 Å². The van der Waals surface area contributed by atoms with Gasteiger partial charge in [0.1, 0.15) is 5.65 Å². The van der Waals surface area contributed by atoms with E-state index in [-0.39, 0.29) is 0 Å². The van der Waals surface area contributed by atoms with E-state index in [0.29, 0.717) is 0 Å². The van der Waals surface area contributed by atoms with Gasteiger partial charge in [0.25, 0.3) is 0 Å². The highest BCUT2D eigenvalue weighted by atomic mass is 14.8. The van der Waals surface area contributed by atoms with E-state index >= 15 is 0 Å². The van der Waals surface area contributed by atoms with Crippen LogP contribution in [-0.2, 0) is 0 Å². The van der Waals surface area contributed by atoms with E-state index in [4.69, 9.17) is 0 Å². The summed E-state index contributed by atoms with van der Waals surface area (Å²) in [7, 11) is 0. The van der Waals surface area contributed by atoms with Crippen molar-refractivity contribution in [2.75, 3.05) is 0 Å². The van der Waals surface area contributed by atoms with Crippen molar-refractivity contribution in [3.63, 3.8) is 0 Å². The molecule has 3 heterocycles. The maximum atomic E-state index is 4.28. The quantitative estimate of drug-likeness (QED) is 0.669. The Balaban J connectivity index is 2.26. The van der Waals surface area contributed by atoms with Crippen LogP contribution < -0.4 is 0 Å². The molecule has 0 aliphatic heterocycles. The van der Waals surface area contributed by atoms with E-state index in [2.05, 4.69) is 27.1 Å². The van der Waals surface area contributed by atoms with Crippen LogP contribution in [0.4, 0.5) is 0 Å². The van der Waals surface area contributed by atoms with E-state index in [9.17, 15) is 0 Å². The molecule has 0 aliphatic rings. The van der Waals surface area contributed by atoms with E-state index in [1.54, 1.807) is 6.20 Å². The summed E-state index contributed by atoms with van der Waals surface area (Å²) in [4.78, 5) is 11.7. The van der Waals surface area contributed by atoms with E-state index < -0.39 is 0 Å². The molecule has 78 valence electrons. The maximum Gasteiger partial charge on any atom is 0.137 e. The topological polar surface area (TPSA) is 41.6 Å². The number of aromatic amines is 1. The van der Waals surface area contributed by atoms with Crippen LogP contribution in [0.2, 0.25) is 0 Å². The second kappa shape index (κ2) is 3.45. The number of rotatable bonds is 1. The first-order valence-electron chi connectivity index (χ1n) is 5.20. The van der Waals surface area contributed by atoms with Crippen LogP contribution in [0.5, 0.6) is 0 Å². The van der Waals surface area contributed by atoms with Crippen molar-refractivity contribution in [2.45, 2.75) is 6.92 Å². The normalized spacial score (nSPS) is 10.8. The van der Waals surface area contributed by atoms with Crippen LogP contribution in [0.25, 0.3) is 22.2 Å². The Kier molecular flexibility index (Phi) is 1.96. The van der Waals surface area contributed by atoms with Gasteiger partial charge in [0.15, 0.2) is 0 Å². The van der Waals surface area contributed by atoms with Crippen LogP contribution >= 0.6 is 0 Å². The highest BCUT2D eigenvalue weighted by Gasteiger charge is 2.05. The fourth-order valence-electron chi connectivity index (χ4n) is 1.91. The molecule has 0 amide bonds. The first-order valence-corrected chi connectivity index (χ1v) is 5.20. The van der Waals surface area contributed by atoms with Crippen LogP contribution in [0.3, 0.4) is 0 Å². The minimum atomic E-state index is 0.923. The standard InChI is InChI=1S/C13H11N3/c1-9-7-10(4-6-14-9)12-8-16-13-11(12)3-2-5-15-13/h2-8H,1H3,(H,15,16). The van der Waals surface area contributed by atoms with Crippen molar-refractivity contribution >= 4 is 11.0 Å². The molecule has 0 aromatic carbocycles. The molecular weight excluding hydrogens is 198 g/mol. The van der Waals surface area contributed by atoms with Crippen molar-refractivity contribution in [3.05, 3.63) is 48.5 Å². The summed E-state index contributed by atoms with van der Waals surface area (Å²) in [6.45, 7) is 2.00. The number of fused-ring (bicyclic) bond motifs is 1. The molecule has 0 saturated heterocycles. The van der Waals surface area contributed by atoms with Crippen molar-refractivity contribution < 1.29 is 0 Å². The van der Waals surface area contributed by atoms with Crippen molar-refractivity contribution in [1.29, 1.82) is 0 Å². The van der Waals surface area contributed by atoms with Crippen LogP contribution in [0, 0.1) is 6.92 Å². The number of aryl methyl sites for hydroxylation is 1. The molecule has 0 bridgehead atoms. The number of hydrogen-bond donors (Lipinski definition) is 1. The van der Waals surface area contributed by atoms with Gasteiger partial charge in [-0.05, 0) is 36.8 Å². The molecular formula is C13H11N3. The third-order valence-electron chi connectivity index (χ3n) is 2.66. The number of aromatic nitrogens is 3. The van der Waals surface area contributed by atoms with Crippen LogP contribution in [-0.4, -0.2) is 15.0 Å². The Labute approximate surface area is 93.2 Å². The summed E-state index contributed by atoms with van der Waals surface area (Å²) in [5.74, 6) is 0. The van der Waals surface area contributed by atoms with Gasteiger partial charge in [0.2, 0.25) is 0 Å². The minimum Gasteiger partial charge on any atom is -0.346 e. The lowest BCUT2D eigenvalue weighted by molar-refractivity contribution is 1.20. The van der Waals surface area contributed by atoms with E-state index in [1.165, 1.54) is 11.1 Å². The summed E-state index contributed by atoms with van der Waals surface area (Å²) in [5.41, 5.74) is 4.29. The SMILES string of the molecule is Cc1cc(-c2c[nH]c3ncccc23)ccn1. The highest BCUT2D eigenvalue weighted by Crippen LogP contribution is 2.27. The molecule has 3 rings (SSSR count). The zero-order valence-electron chi connectivity index (χ0n) is 8.94. The molecule has 0 saturated carbocycles. The van der Waals surface area contributed by atoms with E-state index in [0.717, 1.165) is 16.7 Å². The smallest absolute Gasteiger partial charge is 0.137 e. The molecule has 0 radical (unpaired) electrons. The second-order valence-electron chi connectivity index (χ2n) is 3.79. The fourth-order valence-corrected chi connectivity index (χ4v) is 1.91. The molecule has 3 aromatic rings. The van der Waals surface area contributed by atoms with Gasteiger partial charge in [-0.2, -0.15) is 0 Å². The highest BCUT2D eigenvalue weighted by molar-refractivity contribution is 5.93. The Bertz CT molecular complexity index is 640. The number of nitrogens with one attached hydrogen (secondary N) is 1. The lowest BCUT2D eigenvalue weighted by Crippen LogP contribution is -1.81. The largest absolute Gasteiger partial charge is 0.346 e. The lowest BCUT2D eigenvalue weighted by atomic mass is 10.1. The molecule has 0 spiro atoms. The number of H-pyrrole nitrogens is 1. The number of pyridine rings is 2. The molecule has 0 atom stereocenters. The Morgan fingerprint density at radius 2 is 2.06 bits per heavy atom. The molecule has 3 heteroatoms.